The maximum Gasteiger partial charge on any atom is 0.253 e. The number of methoxy groups -OCH3 is 1. The van der Waals surface area contributed by atoms with Gasteiger partial charge < -0.3 is 10.1 Å². The number of amides is 1. The van der Waals surface area contributed by atoms with Gasteiger partial charge in [0, 0.05) is 13.2 Å². The van der Waals surface area contributed by atoms with E-state index in [9.17, 15) is 9.18 Å². The molecule has 0 aliphatic rings. The van der Waals surface area contributed by atoms with Crippen molar-refractivity contribution in [1.82, 2.24) is 5.32 Å². The van der Waals surface area contributed by atoms with Crippen LogP contribution >= 0.6 is 11.6 Å². The molecular weight excluding hydrogens is 233 g/mol. The highest BCUT2D eigenvalue weighted by molar-refractivity contribution is 6.33. The lowest BCUT2D eigenvalue weighted by atomic mass is 10.2. The number of ether oxygens (including phenoxy) is 1. The van der Waals surface area contributed by atoms with Crippen molar-refractivity contribution in [2.24, 2.45) is 0 Å². The van der Waals surface area contributed by atoms with Crippen LogP contribution < -0.4 is 5.32 Å². The van der Waals surface area contributed by atoms with Gasteiger partial charge in [-0.25, -0.2) is 4.39 Å². The second-order valence-corrected chi connectivity index (χ2v) is 3.86. The summed E-state index contributed by atoms with van der Waals surface area (Å²) in [5.41, 5.74) is 0.256. The third-order valence-corrected chi connectivity index (χ3v) is 2.28. The molecular formula is C11H13ClFNO2. The minimum atomic E-state index is -0.466. The Kier molecular flexibility index (Phi) is 4.71. The van der Waals surface area contributed by atoms with Gasteiger partial charge in [-0.05, 0) is 25.1 Å². The fourth-order valence-electron chi connectivity index (χ4n) is 1.27. The third kappa shape index (κ3) is 3.47. The van der Waals surface area contributed by atoms with E-state index in [1.165, 1.54) is 12.1 Å². The van der Waals surface area contributed by atoms with Gasteiger partial charge in [0.05, 0.1) is 17.2 Å². The van der Waals surface area contributed by atoms with Gasteiger partial charge in [-0.2, -0.15) is 0 Å². The molecule has 0 heterocycles. The van der Waals surface area contributed by atoms with E-state index < -0.39 is 5.82 Å². The number of rotatable bonds is 4. The molecule has 5 heteroatoms. The van der Waals surface area contributed by atoms with Crippen LogP contribution in [0.2, 0.25) is 5.02 Å². The van der Waals surface area contributed by atoms with E-state index in [2.05, 4.69) is 5.32 Å². The molecule has 1 rings (SSSR count). The summed E-state index contributed by atoms with van der Waals surface area (Å²) in [5.74, 6) is -0.805. The first-order valence-corrected chi connectivity index (χ1v) is 5.17. The van der Waals surface area contributed by atoms with E-state index in [1.807, 2.05) is 0 Å². The van der Waals surface area contributed by atoms with Gasteiger partial charge in [-0.3, -0.25) is 4.79 Å². The van der Waals surface area contributed by atoms with Gasteiger partial charge in [0.2, 0.25) is 0 Å². The molecule has 16 heavy (non-hydrogen) atoms. The molecule has 0 radical (unpaired) electrons. The van der Waals surface area contributed by atoms with Crippen LogP contribution in [0.15, 0.2) is 18.2 Å². The van der Waals surface area contributed by atoms with Crippen LogP contribution in [0.4, 0.5) is 4.39 Å². The Hall–Kier alpha value is -1.13. The molecule has 1 amide bonds. The highest BCUT2D eigenvalue weighted by Gasteiger charge is 2.13. The lowest BCUT2D eigenvalue weighted by molar-refractivity contribution is 0.0905. The maximum atomic E-state index is 12.8. The molecule has 1 aromatic carbocycles. The molecule has 0 aliphatic carbocycles. The second-order valence-electron chi connectivity index (χ2n) is 3.45. The van der Waals surface area contributed by atoms with Crippen LogP contribution in [0.1, 0.15) is 17.3 Å². The first-order valence-electron chi connectivity index (χ1n) is 4.79. The molecule has 0 spiro atoms. The number of hydrogen-bond acceptors (Lipinski definition) is 2. The molecule has 88 valence electrons. The van der Waals surface area contributed by atoms with E-state index in [4.69, 9.17) is 16.3 Å². The summed E-state index contributed by atoms with van der Waals surface area (Å²) < 4.78 is 17.6. The van der Waals surface area contributed by atoms with Gasteiger partial charge >= 0.3 is 0 Å². The molecule has 0 bridgehead atoms. The Morgan fingerprint density at radius 2 is 2.31 bits per heavy atom. The monoisotopic (exact) mass is 245 g/mol. The normalized spacial score (nSPS) is 12.2. The van der Waals surface area contributed by atoms with Crippen molar-refractivity contribution >= 4 is 17.5 Å². The largest absolute Gasteiger partial charge is 0.383 e. The Bertz CT molecular complexity index is 384. The average molecular weight is 246 g/mol. The van der Waals surface area contributed by atoms with E-state index in [0.717, 1.165) is 6.07 Å². The third-order valence-electron chi connectivity index (χ3n) is 1.97. The lowest BCUT2D eigenvalue weighted by Gasteiger charge is -2.13. The summed E-state index contributed by atoms with van der Waals surface area (Å²) in [6.45, 7) is 2.21. The molecule has 0 saturated carbocycles. The van der Waals surface area contributed by atoms with Crippen LogP contribution in [0.5, 0.6) is 0 Å². The van der Waals surface area contributed by atoms with Crippen molar-refractivity contribution in [3.63, 3.8) is 0 Å². The maximum absolute atomic E-state index is 12.8. The van der Waals surface area contributed by atoms with Gasteiger partial charge in [0.15, 0.2) is 0 Å². The highest BCUT2D eigenvalue weighted by Crippen LogP contribution is 2.17. The van der Waals surface area contributed by atoms with E-state index in [-0.39, 0.29) is 22.5 Å². The number of carbonyl (C=O) groups is 1. The van der Waals surface area contributed by atoms with Crippen LogP contribution in [-0.4, -0.2) is 25.7 Å². The summed E-state index contributed by atoms with van der Waals surface area (Å²) in [6, 6.07) is 3.53. The molecule has 1 N–H and O–H groups in total. The van der Waals surface area contributed by atoms with Gasteiger partial charge in [-0.15, -0.1) is 0 Å². The smallest absolute Gasteiger partial charge is 0.253 e. The molecule has 0 fully saturated rings. The van der Waals surface area contributed by atoms with Crippen molar-refractivity contribution in [3.05, 3.63) is 34.6 Å². The number of nitrogens with one attached hydrogen (secondary N) is 1. The average Bonchev–Trinajstić information content (AvgIpc) is 2.17. The minimum Gasteiger partial charge on any atom is -0.383 e. The predicted octanol–water partition coefficient (Wildman–Crippen LogP) is 2.24. The summed E-state index contributed by atoms with van der Waals surface area (Å²) >= 11 is 5.75. The Morgan fingerprint density at radius 1 is 1.62 bits per heavy atom. The van der Waals surface area contributed by atoms with Gasteiger partial charge in [0.1, 0.15) is 5.82 Å². The summed E-state index contributed by atoms with van der Waals surface area (Å²) in [4.78, 5) is 11.7. The fraction of sp³-hybridized carbons (Fsp3) is 0.364. The van der Waals surface area contributed by atoms with Crippen molar-refractivity contribution in [2.75, 3.05) is 13.7 Å². The molecule has 3 nitrogen and oxygen atoms in total. The molecule has 0 aliphatic heterocycles. The lowest BCUT2D eigenvalue weighted by Crippen LogP contribution is -2.35. The number of hydrogen-bond donors (Lipinski definition) is 1. The SMILES string of the molecule is COCC(C)NC(=O)c1ccc(F)cc1Cl. The van der Waals surface area contributed by atoms with Gasteiger partial charge in [-0.1, -0.05) is 11.6 Å². The van der Waals surface area contributed by atoms with Crippen LogP contribution in [0.25, 0.3) is 0 Å². The number of carbonyl (C=O) groups excluding carboxylic acids is 1. The van der Waals surface area contributed by atoms with E-state index in [0.29, 0.717) is 6.61 Å². The van der Waals surface area contributed by atoms with Gasteiger partial charge in [0.25, 0.3) is 5.91 Å². The van der Waals surface area contributed by atoms with Crippen molar-refractivity contribution in [1.29, 1.82) is 0 Å². The molecule has 1 aromatic rings. The molecule has 1 atom stereocenters. The standard InChI is InChI=1S/C11H13ClFNO2/c1-7(6-16-2)14-11(15)9-4-3-8(13)5-10(9)12/h3-5,7H,6H2,1-2H3,(H,14,15). The van der Waals surface area contributed by atoms with Crippen LogP contribution in [0.3, 0.4) is 0 Å². The van der Waals surface area contributed by atoms with Crippen molar-refractivity contribution in [3.8, 4) is 0 Å². The minimum absolute atomic E-state index is 0.0992. The van der Waals surface area contributed by atoms with Crippen LogP contribution in [0, 0.1) is 5.82 Å². The second kappa shape index (κ2) is 5.82. The highest BCUT2D eigenvalue weighted by atomic mass is 35.5. The zero-order valence-electron chi connectivity index (χ0n) is 9.09. The zero-order chi connectivity index (χ0) is 12.1. The first kappa shape index (κ1) is 12.9. The molecule has 0 saturated heterocycles. The predicted molar refractivity (Wildman–Crippen MR) is 60.2 cm³/mol. The van der Waals surface area contributed by atoms with E-state index in [1.54, 1.807) is 14.0 Å². The topological polar surface area (TPSA) is 38.3 Å². The van der Waals surface area contributed by atoms with E-state index >= 15 is 0 Å². The first-order chi connectivity index (χ1) is 7.54. The molecule has 0 aromatic heterocycles. The zero-order valence-corrected chi connectivity index (χ0v) is 9.84. The number of benzene rings is 1. The quantitative estimate of drug-likeness (QED) is 0.884. The Balaban J connectivity index is 2.73. The summed E-state index contributed by atoms with van der Waals surface area (Å²) in [5, 5.41) is 2.79. The summed E-state index contributed by atoms with van der Waals surface area (Å²) in [6.07, 6.45) is 0. The summed E-state index contributed by atoms with van der Waals surface area (Å²) in [7, 11) is 1.55. The Labute approximate surface area is 98.5 Å². The Morgan fingerprint density at radius 3 is 2.88 bits per heavy atom. The fourth-order valence-corrected chi connectivity index (χ4v) is 1.52. The number of halogens is 2. The van der Waals surface area contributed by atoms with Crippen molar-refractivity contribution in [2.45, 2.75) is 13.0 Å². The molecule has 1 unspecified atom stereocenters. The van der Waals surface area contributed by atoms with Crippen LogP contribution in [-0.2, 0) is 4.74 Å². The van der Waals surface area contributed by atoms with Crippen molar-refractivity contribution < 1.29 is 13.9 Å².